The van der Waals surface area contributed by atoms with Gasteiger partial charge in [-0.05, 0) is 32.2 Å². The molecule has 2 unspecified atom stereocenters. The normalized spacial score (nSPS) is 25.6. The van der Waals surface area contributed by atoms with Gasteiger partial charge in [-0.15, -0.1) is 0 Å². The van der Waals surface area contributed by atoms with Crippen molar-refractivity contribution < 1.29 is 13.2 Å². The van der Waals surface area contributed by atoms with Gasteiger partial charge in [-0.1, -0.05) is 6.42 Å². The van der Waals surface area contributed by atoms with Crippen LogP contribution in [0.1, 0.15) is 26.2 Å². The Balaban J connectivity index is 2.58. The van der Waals surface area contributed by atoms with Crippen molar-refractivity contribution in [1.29, 1.82) is 0 Å². The smallest absolute Gasteiger partial charge is 0.216 e. The minimum atomic E-state index is -3.21. The molecule has 102 valence electrons. The maximum absolute atomic E-state index is 12.1. The lowest BCUT2D eigenvalue weighted by Crippen LogP contribution is -2.43. The van der Waals surface area contributed by atoms with Gasteiger partial charge in [0.15, 0.2) is 0 Å². The predicted molar refractivity (Wildman–Crippen MR) is 68.2 cm³/mol. The second-order valence-electron chi connectivity index (χ2n) is 4.52. The van der Waals surface area contributed by atoms with Gasteiger partial charge in [0.05, 0.1) is 12.4 Å². The fourth-order valence-corrected chi connectivity index (χ4v) is 3.74. The van der Waals surface area contributed by atoms with Crippen LogP contribution in [0.4, 0.5) is 0 Å². The molecule has 1 saturated carbocycles. The van der Waals surface area contributed by atoms with Crippen LogP contribution in [0.3, 0.4) is 0 Å². The third kappa shape index (κ3) is 3.91. The molecule has 5 nitrogen and oxygen atoms in total. The van der Waals surface area contributed by atoms with E-state index in [0.29, 0.717) is 19.1 Å². The molecule has 0 aromatic carbocycles. The van der Waals surface area contributed by atoms with Crippen molar-refractivity contribution in [1.82, 2.24) is 4.31 Å². The summed E-state index contributed by atoms with van der Waals surface area (Å²) >= 11 is 0. The highest BCUT2D eigenvalue weighted by atomic mass is 32.2. The summed E-state index contributed by atoms with van der Waals surface area (Å²) in [6.07, 6.45) is 3.02. The summed E-state index contributed by atoms with van der Waals surface area (Å²) in [6.45, 7) is 3.24. The average Bonchev–Trinajstić information content (AvgIpc) is 2.76. The summed E-state index contributed by atoms with van der Waals surface area (Å²) in [7, 11) is -1.54. The second-order valence-corrected chi connectivity index (χ2v) is 6.67. The van der Waals surface area contributed by atoms with Crippen LogP contribution in [0, 0.1) is 5.92 Å². The van der Waals surface area contributed by atoms with Crippen LogP contribution >= 0.6 is 0 Å². The summed E-state index contributed by atoms with van der Waals surface area (Å²) < 4.78 is 30.7. The molecule has 0 heterocycles. The van der Waals surface area contributed by atoms with E-state index in [2.05, 4.69) is 0 Å². The van der Waals surface area contributed by atoms with Gasteiger partial charge in [-0.3, -0.25) is 0 Å². The lowest BCUT2D eigenvalue weighted by atomic mass is 10.0. The third-order valence-corrected chi connectivity index (χ3v) is 5.35. The van der Waals surface area contributed by atoms with Crippen LogP contribution in [-0.2, 0) is 14.8 Å². The molecule has 0 aromatic rings. The van der Waals surface area contributed by atoms with Gasteiger partial charge in [0.25, 0.3) is 0 Å². The first-order valence-electron chi connectivity index (χ1n) is 6.26. The standard InChI is InChI=1S/C11H24N2O3S/c1-3-16-7-8-17(14,15)13(2)11-6-4-5-10(11)9-12/h10-11H,3-9,12H2,1-2H3. The first-order valence-corrected chi connectivity index (χ1v) is 7.87. The van der Waals surface area contributed by atoms with Crippen molar-refractivity contribution in [2.24, 2.45) is 11.7 Å². The molecule has 0 saturated heterocycles. The number of sulfonamides is 1. The molecule has 0 radical (unpaired) electrons. The van der Waals surface area contributed by atoms with Crippen LogP contribution < -0.4 is 5.73 Å². The molecule has 0 aliphatic heterocycles. The molecule has 1 fully saturated rings. The quantitative estimate of drug-likeness (QED) is 0.676. The number of rotatable bonds is 7. The zero-order chi connectivity index (χ0) is 12.9. The zero-order valence-electron chi connectivity index (χ0n) is 10.8. The number of hydrogen-bond acceptors (Lipinski definition) is 4. The van der Waals surface area contributed by atoms with E-state index in [1.54, 1.807) is 7.05 Å². The summed E-state index contributed by atoms with van der Waals surface area (Å²) in [5.74, 6) is 0.368. The fraction of sp³-hybridized carbons (Fsp3) is 1.00. The van der Waals surface area contributed by atoms with E-state index >= 15 is 0 Å². The Bertz CT molecular complexity index is 319. The largest absolute Gasteiger partial charge is 0.381 e. The third-order valence-electron chi connectivity index (χ3n) is 3.52. The van der Waals surface area contributed by atoms with Crippen LogP contribution in [0.15, 0.2) is 0 Å². The van der Waals surface area contributed by atoms with Crippen molar-refractivity contribution in [2.45, 2.75) is 32.2 Å². The Labute approximate surface area is 104 Å². The van der Waals surface area contributed by atoms with E-state index in [1.165, 1.54) is 4.31 Å². The van der Waals surface area contributed by atoms with Gasteiger partial charge in [0.2, 0.25) is 10.0 Å². The number of hydrogen-bond donors (Lipinski definition) is 1. The molecule has 1 aliphatic carbocycles. The highest BCUT2D eigenvalue weighted by Crippen LogP contribution is 2.29. The van der Waals surface area contributed by atoms with Gasteiger partial charge >= 0.3 is 0 Å². The van der Waals surface area contributed by atoms with E-state index < -0.39 is 10.0 Å². The van der Waals surface area contributed by atoms with Crippen LogP contribution in [0.25, 0.3) is 0 Å². The first-order chi connectivity index (χ1) is 8.03. The Morgan fingerprint density at radius 3 is 2.71 bits per heavy atom. The molecular weight excluding hydrogens is 240 g/mol. The number of nitrogens with two attached hydrogens (primary N) is 1. The van der Waals surface area contributed by atoms with E-state index in [9.17, 15) is 8.42 Å². The number of nitrogens with zero attached hydrogens (tertiary/aromatic N) is 1. The molecule has 0 bridgehead atoms. The van der Waals surface area contributed by atoms with E-state index in [-0.39, 0.29) is 18.4 Å². The summed E-state index contributed by atoms with van der Waals surface area (Å²) in [6, 6.07) is 0.0756. The zero-order valence-corrected chi connectivity index (χ0v) is 11.6. The molecule has 0 amide bonds. The minimum absolute atomic E-state index is 0.0606. The van der Waals surface area contributed by atoms with Crippen LogP contribution in [-0.4, -0.2) is 51.3 Å². The van der Waals surface area contributed by atoms with Gasteiger partial charge in [0, 0.05) is 19.7 Å². The molecule has 2 N–H and O–H groups in total. The van der Waals surface area contributed by atoms with Crippen molar-refractivity contribution >= 4 is 10.0 Å². The van der Waals surface area contributed by atoms with Crippen molar-refractivity contribution in [3.63, 3.8) is 0 Å². The molecule has 6 heteroatoms. The summed E-state index contributed by atoms with van der Waals surface area (Å²) in [4.78, 5) is 0. The second kappa shape index (κ2) is 6.68. The van der Waals surface area contributed by atoms with Crippen molar-refractivity contribution in [3.05, 3.63) is 0 Å². The predicted octanol–water partition coefficient (Wildman–Crippen LogP) is 0.412. The maximum atomic E-state index is 12.1. The minimum Gasteiger partial charge on any atom is -0.381 e. The van der Waals surface area contributed by atoms with Crippen molar-refractivity contribution in [2.75, 3.05) is 32.6 Å². The van der Waals surface area contributed by atoms with E-state index in [0.717, 1.165) is 19.3 Å². The summed E-state index contributed by atoms with van der Waals surface area (Å²) in [5.41, 5.74) is 5.68. The van der Waals surface area contributed by atoms with Gasteiger partial charge in [-0.25, -0.2) is 12.7 Å². The molecule has 0 aromatic heterocycles. The highest BCUT2D eigenvalue weighted by molar-refractivity contribution is 7.89. The molecular formula is C11H24N2O3S. The van der Waals surface area contributed by atoms with Crippen molar-refractivity contribution in [3.8, 4) is 0 Å². The van der Waals surface area contributed by atoms with Gasteiger partial charge < -0.3 is 10.5 Å². The fourth-order valence-electron chi connectivity index (χ4n) is 2.43. The Kier molecular flexibility index (Phi) is 5.85. The average molecular weight is 264 g/mol. The molecule has 1 aliphatic rings. The van der Waals surface area contributed by atoms with Gasteiger partial charge in [0.1, 0.15) is 0 Å². The Hall–Kier alpha value is -0.170. The highest BCUT2D eigenvalue weighted by Gasteiger charge is 2.34. The Morgan fingerprint density at radius 1 is 1.41 bits per heavy atom. The van der Waals surface area contributed by atoms with Gasteiger partial charge in [-0.2, -0.15) is 0 Å². The SMILES string of the molecule is CCOCCS(=O)(=O)N(C)C1CCCC1CN. The summed E-state index contributed by atoms with van der Waals surface area (Å²) in [5, 5.41) is 0. The molecule has 1 rings (SSSR count). The number of ether oxygens (including phenoxy) is 1. The molecule has 2 atom stereocenters. The van der Waals surface area contributed by atoms with Crippen LogP contribution in [0.2, 0.25) is 0 Å². The monoisotopic (exact) mass is 264 g/mol. The van der Waals surface area contributed by atoms with E-state index in [4.69, 9.17) is 10.5 Å². The topological polar surface area (TPSA) is 72.6 Å². The van der Waals surface area contributed by atoms with E-state index in [1.807, 2.05) is 6.92 Å². The lowest BCUT2D eigenvalue weighted by Gasteiger charge is -2.28. The Morgan fingerprint density at radius 2 is 2.12 bits per heavy atom. The van der Waals surface area contributed by atoms with Crippen LogP contribution in [0.5, 0.6) is 0 Å². The lowest BCUT2D eigenvalue weighted by molar-refractivity contribution is 0.162. The molecule has 17 heavy (non-hydrogen) atoms. The first kappa shape index (κ1) is 14.9. The molecule has 0 spiro atoms. The maximum Gasteiger partial charge on any atom is 0.216 e.